The molecule has 0 aliphatic heterocycles. The van der Waals surface area contributed by atoms with Crippen LogP contribution in [0.3, 0.4) is 0 Å². The molecule has 0 heterocycles. The van der Waals surface area contributed by atoms with Gasteiger partial charge in [0, 0.05) is 28.9 Å². The summed E-state index contributed by atoms with van der Waals surface area (Å²) in [5, 5.41) is 11.5. The highest BCUT2D eigenvalue weighted by Gasteiger charge is 2.15. The van der Waals surface area contributed by atoms with Gasteiger partial charge in [-0.2, -0.15) is 0 Å². The summed E-state index contributed by atoms with van der Waals surface area (Å²) in [6.45, 7) is 2.07. The van der Waals surface area contributed by atoms with E-state index in [4.69, 9.17) is 5.11 Å². The second-order valence-corrected chi connectivity index (χ2v) is 5.40. The highest BCUT2D eigenvalue weighted by atomic mass is 32.2. The number of hydrogen-bond acceptors (Lipinski definition) is 3. The minimum atomic E-state index is -1.14. The Balaban J connectivity index is 2.67. The van der Waals surface area contributed by atoms with E-state index in [1.54, 1.807) is 19.1 Å². The van der Waals surface area contributed by atoms with Gasteiger partial charge < -0.3 is 10.4 Å². The van der Waals surface area contributed by atoms with Gasteiger partial charge in [-0.25, -0.2) is 4.79 Å². The molecule has 2 N–H and O–H groups in total. The van der Waals surface area contributed by atoms with Gasteiger partial charge in [0.1, 0.15) is 0 Å². The predicted octanol–water partition coefficient (Wildman–Crippen LogP) is 0.883. The molecule has 6 heteroatoms. The number of rotatable bonds is 6. The van der Waals surface area contributed by atoms with E-state index in [1.807, 2.05) is 0 Å². The van der Waals surface area contributed by atoms with Crippen LogP contribution in [0.5, 0.6) is 0 Å². The number of aromatic carboxylic acids is 1. The van der Waals surface area contributed by atoms with Gasteiger partial charge in [-0.15, -0.1) is 0 Å². The van der Waals surface area contributed by atoms with E-state index in [0.717, 1.165) is 0 Å². The van der Waals surface area contributed by atoms with Crippen molar-refractivity contribution in [3.8, 4) is 0 Å². The maximum absolute atomic E-state index is 11.8. The molecule has 0 aliphatic rings. The summed E-state index contributed by atoms with van der Waals surface area (Å²) in [5.41, 5.74) is 0.0823. The number of nitrogens with one attached hydrogen (secondary N) is 1. The molecule has 0 saturated carbocycles. The second kappa shape index (κ2) is 6.90. The number of hydrogen-bond donors (Lipinski definition) is 2. The molecule has 18 heavy (non-hydrogen) atoms. The average molecular weight is 269 g/mol. The molecule has 1 aromatic carbocycles. The topological polar surface area (TPSA) is 83.5 Å². The Bertz CT molecular complexity index is 473. The van der Waals surface area contributed by atoms with Crippen molar-refractivity contribution in [2.24, 2.45) is 0 Å². The lowest BCUT2D eigenvalue weighted by molar-refractivity contribution is 0.0691. The number of benzene rings is 1. The van der Waals surface area contributed by atoms with Crippen molar-refractivity contribution in [2.75, 3.05) is 18.1 Å². The van der Waals surface area contributed by atoms with Crippen LogP contribution in [0.2, 0.25) is 0 Å². The first-order valence-electron chi connectivity index (χ1n) is 5.51. The quantitative estimate of drug-likeness (QED) is 0.803. The molecule has 5 nitrogen and oxygen atoms in total. The highest BCUT2D eigenvalue weighted by molar-refractivity contribution is 7.84. The summed E-state index contributed by atoms with van der Waals surface area (Å²) in [4.78, 5) is 22.7. The van der Waals surface area contributed by atoms with Crippen molar-refractivity contribution in [2.45, 2.75) is 6.92 Å². The highest BCUT2D eigenvalue weighted by Crippen LogP contribution is 2.08. The Morgan fingerprint density at radius 1 is 1.28 bits per heavy atom. The fourth-order valence-electron chi connectivity index (χ4n) is 1.39. The summed E-state index contributed by atoms with van der Waals surface area (Å²) in [6.07, 6.45) is 0. The van der Waals surface area contributed by atoms with Crippen LogP contribution in [0.4, 0.5) is 0 Å². The lowest BCUT2D eigenvalue weighted by Crippen LogP contribution is -2.29. The number of carbonyl (C=O) groups excluding carboxylic acids is 1. The van der Waals surface area contributed by atoms with Crippen LogP contribution in [0.15, 0.2) is 24.3 Å². The van der Waals surface area contributed by atoms with Crippen LogP contribution in [-0.4, -0.2) is 39.2 Å². The van der Waals surface area contributed by atoms with Crippen molar-refractivity contribution in [1.82, 2.24) is 5.32 Å². The summed E-state index contributed by atoms with van der Waals surface area (Å²) >= 11 is 0. The minimum absolute atomic E-state index is 0.0355. The van der Waals surface area contributed by atoms with E-state index in [2.05, 4.69) is 5.32 Å². The molecule has 1 atom stereocenters. The fourth-order valence-corrected chi connectivity index (χ4v) is 2.00. The van der Waals surface area contributed by atoms with Gasteiger partial charge in [-0.1, -0.05) is 19.1 Å². The Kier molecular flexibility index (Phi) is 5.51. The largest absolute Gasteiger partial charge is 0.478 e. The normalized spacial score (nSPS) is 11.8. The van der Waals surface area contributed by atoms with E-state index in [1.165, 1.54) is 12.1 Å². The van der Waals surface area contributed by atoms with Crippen molar-refractivity contribution < 1.29 is 18.9 Å². The third kappa shape index (κ3) is 3.96. The van der Waals surface area contributed by atoms with Crippen molar-refractivity contribution in [1.29, 1.82) is 0 Å². The third-order valence-corrected chi connectivity index (χ3v) is 3.64. The van der Waals surface area contributed by atoms with Crippen LogP contribution in [0.1, 0.15) is 27.6 Å². The molecule has 0 fully saturated rings. The molecular weight excluding hydrogens is 254 g/mol. The smallest absolute Gasteiger partial charge is 0.336 e. The van der Waals surface area contributed by atoms with E-state index < -0.39 is 22.7 Å². The van der Waals surface area contributed by atoms with E-state index >= 15 is 0 Å². The number of amides is 1. The zero-order valence-electron chi connectivity index (χ0n) is 10.0. The Morgan fingerprint density at radius 2 is 1.89 bits per heavy atom. The summed E-state index contributed by atoms with van der Waals surface area (Å²) in [5.74, 6) is -0.682. The van der Waals surface area contributed by atoms with Crippen molar-refractivity contribution >= 4 is 22.7 Å². The maximum atomic E-state index is 11.8. The van der Waals surface area contributed by atoms with Gasteiger partial charge in [0.15, 0.2) is 0 Å². The van der Waals surface area contributed by atoms with Gasteiger partial charge in [0.25, 0.3) is 5.91 Å². The monoisotopic (exact) mass is 269 g/mol. The van der Waals surface area contributed by atoms with E-state index in [0.29, 0.717) is 11.5 Å². The van der Waals surface area contributed by atoms with Crippen LogP contribution in [0, 0.1) is 0 Å². The van der Waals surface area contributed by atoms with Crippen LogP contribution in [-0.2, 0) is 10.8 Å². The third-order valence-electron chi connectivity index (χ3n) is 2.34. The Morgan fingerprint density at radius 3 is 2.44 bits per heavy atom. The lowest BCUT2D eigenvalue weighted by Gasteiger charge is -2.07. The number of carbonyl (C=O) groups is 2. The molecule has 0 aliphatic carbocycles. The van der Waals surface area contributed by atoms with Crippen LogP contribution >= 0.6 is 0 Å². The average Bonchev–Trinajstić information content (AvgIpc) is 2.38. The molecule has 0 radical (unpaired) electrons. The molecule has 1 amide bonds. The SMILES string of the molecule is CCS(=O)CCNC(=O)c1ccccc1C(=O)O. The zero-order valence-corrected chi connectivity index (χ0v) is 10.8. The summed E-state index contributed by atoms with van der Waals surface area (Å²) in [7, 11) is -0.945. The van der Waals surface area contributed by atoms with Crippen LogP contribution in [0.25, 0.3) is 0 Å². The second-order valence-electron chi connectivity index (χ2n) is 3.54. The molecule has 0 saturated heterocycles. The number of carboxylic acid groups (broad SMARTS) is 1. The van der Waals surface area contributed by atoms with Gasteiger partial charge in [0.05, 0.1) is 11.1 Å². The zero-order chi connectivity index (χ0) is 13.5. The first-order valence-corrected chi connectivity index (χ1v) is 7.00. The Labute approximate surface area is 108 Å². The number of carboxylic acids is 1. The van der Waals surface area contributed by atoms with Gasteiger partial charge >= 0.3 is 5.97 Å². The molecule has 0 aromatic heterocycles. The predicted molar refractivity (Wildman–Crippen MR) is 69.3 cm³/mol. The first-order chi connectivity index (χ1) is 8.56. The molecule has 98 valence electrons. The summed E-state index contributed by atoms with van der Waals surface area (Å²) in [6, 6.07) is 5.99. The van der Waals surface area contributed by atoms with Crippen molar-refractivity contribution in [3.05, 3.63) is 35.4 Å². The molecule has 1 rings (SSSR count). The van der Waals surface area contributed by atoms with Gasteiger partial charge in [-0.05, 0) is 12.1 Å². The molecule has 0 bridgehead atoms. The molecule has 0 spiro atoms. The molecular formula is C12H15NO4S. The standard InChI is InChI=1S/C12H15NO4S/c1-2-18(17)8-7-13-11(14)9-5-3-4-6-10(9)12(15)16/h3-6H,2,7-8H2,1H3,(H,13,14)(H,15,16). The summed E-state index contributed by atoms with van der Waals surface area (Å²) < 4.78 is 11.2. The molecule has 1 aromatic rings. The Hall–Kier alpha value is -1.69. The maximum Gasteiger partial charge on any atom is 0.336 e. The van der Waals surface area contributed by atoms with Gasteiger partial charge in [-0.3, -0.25) is 9.00 Å². The van der Waals surface area contributed by atoms with E-state index in [-0.39, 0.29) is 17.7 Å². The molecule has 1 unspecified atom stereocenters. The van der Waals surface area contributed by atoms with Crippen LogP contribution < -0.4 is 5.32 Å². The van der Waals surface area contributed by atoms with Gasteiger partial charge in [0.2, 0.25) is 0 Å². The fraction of sp³-hybridized carbons (Fsp3) is 0.333. The van der Waals surface area contributed by atoms with E-state index in [9.17, 15) is 13.8 Å². The lowest BCUT2D eigenvalue weighted by atomic mass is 10.1. The van der Waals surface area contributed by atoms with Crippen molar-refractivity contribution in [3.63, 3.8) is 0 Å². The first kappa shape index (κ1) is 14.4. The minimum Gasteiger partial charge on any atom is -0.478 e.